The van der Waals surface area contributed by atoms with Gasteiger partial charge in [-0.15, -0.1) is 69.1 Å². The smallest absolute Gasteiger partial charge is 0.343 e. The molecule has 0 nitrogen and oxygen atoms in total. The molecule has 8 aromatic rings. The summed E-state index contributed by atoms with van der Waals surface area (Å²) in [6, 6.07) is 52.5. The Bertz CT molecular complexity index is 2110. The molecule has 317 valence electrons. The van der Waals surface area contributed by atoms with Crippen molar-refractivity contribution in [2.24, 2.45) is 0 Å². The summed E-state index contributed by atoms with van der Waals surface area (Å²) in [5.74, 6) is 0. The molecule has 0 spiro atoms. The molecule has 2 heteroatoms. The van der Waals surface area contributed by atoms with Crippen LogP contribution in [-0.2, 0) is 43.4 Å². The molecule has 8 aromatic carbocycles. The minimum atomic E-state index is 0. The predicted octanol–water partition coefficient (Wildman–Crippen LogP) is 19.1. The average molecular weight is 878 g/mol. The van der Waals surface area contributed by atoms with Gasteiger partial charge >= 0.3 is 43.4 Å². The standard InChI is InChI=1S/2C20H15.4C4H9.C3H7.2Ti/c2*1-14-12-16-8-5-11-19(20(16)13-14)18-10-4-7-15-6-2-3-9-17(15)18;4*1-3-4-2;1-3-2;;/h2*2-13H,1H3;4*1,3-4H2,2H3;3H,1-2H3;;/q7*-1;+3;+4. The molecule has 1 radical (unpaired) electrons. The van der Waals surface area contributed by atoms with E-state index in [9.17, 15) is 0 Å². The van der Waals surface area contributed by atoms with Crippen LogP contribution in [0, 0.1) is 48.0 Å². The van der Waals surface area contributed by atoms with Gasteiger partial charge in [-0.3, -0.25) is 0 Å². The first kappa shape index (κ1) is 57.5. The van der Waals surface area contributed by atoms with Crippen molar-refractivity contribution < 1.29 is 43.4 Å². The van der Waals surface area contributed by atoms with Gasteiger partial charge in [0.05, 0.1) is 0 Å². The van der Waals surface area contributed by atoms with Crippen LogP contribution < -0.4 is 0 Å². The summed E-state index contributed by atoms with van der Waals surface area (Å²) in [5.41, 5.74) is 7.94. The van der Waals surface area contributed by atoms with Crippen LogP contribution in [-0.4, -0.2) is 0 Å². The molecule has 0 unspecified atom stereocenters. The first-order valence-corrected chi connectivity index (χ1v) is 21.9. The fraction of sp³-hybridized carbons (Fsp3) is 0.271. The quantitative estimate of drug-likeness (QED) is 0.115. The third kappa shape index (κ3) is 18.8. The van der Waals surface area contributed by atoms with Gasteiger partial charge < -0.3 is 34.1 Å². The number of fused-ring (bicyclic) bond motifs is 4. The Kier molecular flexibility index (Phi) is 32.1. The molecule has 0 amide bonds. The minimum Gasteiger partial charge on any atom is -0.343 e. The van der Waals surface area contributed by atoms with Gasteiger partial charge in [0, 0.05) is 0 Å². The van der Waals surface area contributed by atoms with Crippen LogP contribution >= 0.6 is 0 Å². The summed E-state index contributed by atoms with van der Waals surface area (Å²) in [4.78, 5) is 0. The van der Waals surface area contributed by atoms with Gasteiger partial charge in [0.25, 0.3) is 0 Å². The third-order valence-electron chi connectivity index (χ3n) is 9.36. The van der Waals surface area contributed by atoms with Gasteiger partial charge in [-0.25, -0.2) is 0 Å². The Hall–Kier alpha value is -3.51. The Morgan fingerprint density at radius 1 is 0.410 bits per heavy atom. The monoisotopic (exact) mass is 877 g/mol. The zero-order valence-corrected chi connectivity index (χ0v) is 42.0. The number of aryl methyl sites for hydroxylation is 2. The maximum atomic E-state index is 3.60. The molecule has 0 aliphatic carbocycles. The molecule has 0 aromatic heterocycles. The molecule has 0 saturated carbocycles. The Morgan fingerprint density at radius 3 is 0.951 bits per heavy atom. The normalized spacial score (nSPS) is 9.64. The maximum Gasteiger partial charge on any atom is 4.00 e. The van der Waals surface area contributed by atoms with E-state index in [2.05, 4.69) is 215 Å². The largest absolute Gasteiger partial charge is 4.00 e. The summed E-state index contributed by atoms with van der Waals surface area (Å²) in [6.07, 6.45) is 11.1. The summed E-state index contributed by atoms with van der Waals surface area (Å²) in [5, 5.41) is 10.6. The van der Waals surface area contributed by atoms with Crippen LogP contribution in [0.1, 0.15) is 104 Å². The molecule has 61 heavy (non-hydrogen) atoms. The molecule has 0 aliphatic rings. The summed E-state index contributed by atoms with van der Waals surface area (Å²) < 4.78 is 0. The van der Waals surface area contributed by atoms with Crippen LogP contribution in [0.15, 0.2) is 146 Å². The second kappa shape index (κ2) is 34.0. The number of hydrogen-bond donors (Lipinski definition) is 0. The van der Waals surface area contributed by atoms with E-state index in [0.29, 0.717) is 0 Å². The number of hydrogen-bond acceptors (Lipinski definition) is 0. The van der Waals surface area contributed by atoms with E-state index < -0.39 is 0 Å². The fourth-order valence-electron chi connectivity index (χ4n) is 6.16. The van der Waals surface area contributed by atoms with Gasteiger partial charge in [0.15, 0.2) is 0 Å². The van der Waals surface area contributed by atoms with Crippen molar-refractivity contribution in [2.75, 3.05) is 0 Å². The number of benzene rings is 6. The maximum absolute atomic E-state index is 3.60. The van der Waals surface area contributed by atoms with Crippen molar-refractivity contribution >= 4 is 43.1 Å². The van der Waals surface area contributed by atoms with E-state index >= 15 is 0 Å². The Morgan fingerprint density at radius 2 is 0.656 bits per heavy atom. The van der Waals surface area contributed by atoms with E-state index in [0.717, 1.165) is 25.7 Å². The first-order chi connectivity index (χ1) is 28.7. The van der Waals surface area contributed by atoms with Crippen LogP contribution in [0.25, 0.3) is 65.3 Å². The van der Waals surface area contributed by atoms with Gasteiger partial charge in [-0.05, 0) is 32.7 Å². The molecule has 0 aliphatic heterocycles. The molecule has 0 heterocycles. The van der Waals surface area contributed by atoms with E-state index in [1.807, 2.05) is 20.3 Å². The van der Waals surface area contributed by atoms with Crippen molar-refractivity contribution in [3.63, 3.8) is 0 Å². The van der Waals surface area contributed by atoms with Crippen molar-refractivity contribution in [1.82, 2.24) is 0 Å². The van der Waals surface area contributed by atoms with E-state index in [4.69, 9.17) is 0 Å². The zero-order chi connectivity index (χ0) is 43.4. The Labute approximate surface area is 403 Å². The molecule has 0 bridgehead atoms. The molecular formula is C59H73Ti2. The second-order valence-electron chi connectivity index (χ2n) is 14.7. The van der Waals surface area contributed by atoms with Gasteiger partial charge in [0.2, 0.25) is 0 Å². The van der Waals surface area contributed by atoms with Crippen LogP contribution in [0.5, 0.6) is 0 Å². The zero-order valence-electron chi connectivity index (χ0n) is 38.9. The molecule has 0 atom stereocenters. The first-order valence-electron chi connectivity index (χ1n) is 21.9. The number of unbranched alkanes of at least 4 members (excludes halogenated alkanes) is 4. The van der Waals surface area contributed by atoms with Crippen LogP contribution in [0.4, 0.5) is 0 Å². The molecular weight excluding hydrogens is 804 g/mol. The van der Waals surface area contributed by atoms with Gasteiger partial charge in [0.1, 0.15) is 0 Å². The van der Waals surface area contributed by atoms with E-state index in [1.54, 1.807) is 0 Å². The van der Waals surface area contributed by atoms with Gasteiger partial charge in [-0.1, -0.05) is 175 Å². The predicted molar refractivity (Wildman–Crippen MR) is 271 cm³/mol. The average Bonchev–Trinajstić information content (AvgIpc) is 3.87. The van der Waals surface area contributed by atoms with Gasteiger partial charge in [-0.2, -0.15) is 51.7 Å². The topological polar surface area (TPSA) is 0 Å². The molecule has 8 rings (SSSR count). The molecule has 0 fully saturated rings. The van der Waals surface area contributed by atoms with Crippen molar-refractivity contribution in [2.45, 2.75) is 107 Å². The number of rotatable bonds is 6. The summed E-state index contributed by atoms with van der Waals surface area (Å²) >= 11 is 0. The Balaban J connectivity index is 0.000000820. The molecule has 0 N–H and O–H groups in total. The second-order valence-corrected chi connectivity index (χ2v) is 14.7. The summed E-state index contributed by atoms with van der Waals surface area (Å²) in [6.45, 7) is 31.2. The molecule has 0 saturated heterocycles. The SMILES string of the molecule is C[CH-]C.Cc1cc2c(-c3cccc4ccccc34)cccc2[cH-]1.Cc1cc2c(-c3cccc4ccccc34)cccc2[cH-]1.[CH2-]CCC.[CH2-]CCC.[CH2-]CCC.[CH2-]CCC.[Ti+3].[Ti+4]. The fourth-order valence-corrected chi connectivity index (χ4v) is 6.16. The van der Waals surface area contributed by atoms with Crippen molar-refractivity contribution in [1.29, 1.82) is 0 Å². The van der Waals surface area contributed by atoms with Crippen molar-refractivity contribution in [3.05, 3.63) is 191 Å². The summed E-state index contributed by atoms with van der Waals surface area (Å²) in [7, 11) is 0. The van der Waals surface area contributed by atoms with E-state index in [-0.39, 0.29) is 43.4 Å². The van der Waals surface area contributed by atoms with E-state index in [1.165, 1.54) is 102 Å². The minimum absolute atomic E-state index is 0. The van der Waals surface area contributed by atoms with Crippen molar-refractivity contribution in [3.8, 4) is 22.3 Å². The third-order valence-corrected chi connectivity index (χ3v) is 9.36. The van der Waals surface area contributed by atoms with Crippen LogP contribution in [0.2, 0.25) is 0 Å². The van der Waals surface area contributed by atoms with Crippen LogP contribution in [0.3, 0.4) is 0 Å².